The first-order valence-corrected chi connectivity index (χ1v) is 8.47. The minimum Gasteiger partial charge on any atom is -0.493 e. The summed E-state index contributed by atoms with van der Waals surface area (Å²) in [5.74, 6) is 1.92. The fourth-order valence-corrected chi connectivity index (χ4v) is 2.67. The van der Waals surface area contributed by atoms with E-state index >= 15 is 0 Å². The molecule has 1 aliphatic heterocycles. The summed E-state index contributed by atoms with van der Waals surface area (Å²) in [6.07, 6.45) is 12.7. The van der Waals surface area contributed by atoms with E-state index in [4.69, 9.17) is 9.47 Å². The lowest BCUT2D eigenvalue weighted by atomic mass is 10.1. The number of rotatable bonds is 10. The molecule has 0 atom stereocenters. The maximum atomic E-state index is 5.94. The molecule has 0 saturated heterocycles. The molecule has 2 heteroatoms. The molecule has 116 valence electrons. The quantitative estimate of drug-likeness (QED) is 0.523. The van der Waals surface area contributed by atoms with Crippen LogP contribution in [0.5, 0.6) is 5.75 Å². The van der Waals surface area contributed by atoms with Crippen LogP contribution in [0.2, 0.25) is 0 Å². The van der Waals surface area contributed by atoms with Crippen LogP contribution in [0.4, 0.5) is 0 Å². The van der Waals surface area contributed by atoms with Crippen LogP contribution in [-0.2, 0) is 4.74 Å². The van der Waals surface area contributed by atoms with Crippen molar-refractivity contribution in [2.24, 2.45) is 0 Å². The van der Waals surface area contributed by atoms with Crippen molar-refractivity contribution in [2.45, 2.75) is 58.3 Å². The van der Waals surface area contributed by atoms with Crippen LogP contribution < -0.4 is 4.74 Å². The molecule has 1 aromatic carbocycles. The molecule has 1 heterocycles. The molecule has 0 aromatic heterocycles. The van der Waals surface area contributed by atoms with Gasteiger partial charge >= 0.3 is 0 Å². The molecule has 21 heavy (non-hydrogen) atoms. The van der Waals surface area contributed by atoms with E-state index in [0.29, 0.717) is 6.61 Å². The van der Waals surface area contributed by atoms with E-state index < -0.39 is 0 Å². The van der Waals surface area contributed by atoms with Crippen molar-refractivity contribution in [2.75, 3.05) is 13.2 Å². The van der Waals surface area contributed by atoms with Crippen LogP contribution in [0.3, 0.4) is 0 Å². The molecular weight excluding hydrogens is 260 g/mol. The standard InChI is InChI=1S/C19H28O2/c1-2-3-4-5-6-7-8-11-15-20-19-14-16-21-18-13-10-9-12-17(18)19/h9-10,12-14H,2-8,11,15-16H2,1H3. The summed E-state index contributed by atoms with van der Waals surface area (Å²) < 4.78 is 11.5. The third-order valence-corrected chi connectivity index (χ3v) is 3.92. The van der Waals surface area contributed by atoms with Gasteiger partial charge in [-0.25, -0.2) is 0 Å². The first kappa shape index (κ1) is 15.9. The Balaban J connectivity index is 1.58. The summed E-state index contributed by atoms with van der Waals surface area (Å²) in [6.45, 7) is 3.69. The topological polar surface area (TPSA) is 18.5 Å². The van der Waals surface area contributed by atoms with Crippen molar-refractivity contribution in [3.8, 4) is 5.75 Å². The second-order valence-electron chi connectivity index (χ2n) is 5.70. The van der Waals surface area contributed by atoms with Gasteiger partial charge in [-0.05, 0) is 24.6 Å². The van der Waals surface area contributed by atoms with E-state index in [1.54, 1.807) is 0 Å². The minimum absolute atomic E-state index is 0.615. The summed E-state index contributed by atoms with van der Waals surface area (Å²) in [5.41, 5.74) is 1.09. The molecule has 1 aromatic rings. The molecule has 2 rings (SSSR count). The predicted molar refractivity (Wildman–Crippen MR) is 88.5 cm³/mol. The lowest BCUT2D eigenvalue weighted by Crippen LogP contribution is -2.07. The summed E-state index contributed by atoms with van der Waals surface area (Å²) in [7, 11) is 0. The minimum atomic E-state index is 0.615. The van der Waals surface area contributed by atoms with Gasteiger partial charge in [0.25, 0.3) is 0 Å². The number of unbranched alkanes of at least 4 members (excludes halogenated alkanes) is 7. The van der Waals surface area contributed by atoms with E-state index in [1.807, 2.05) is 24.3 Å². The third-order valence-electron chi connectivity index (χ3n) is 3.92. The highest BCUT2D eigenvalue weighted by atomic mass is 16.5. The van der Waals surface area contributed by atoms with E-state index in [0.717, 1.165) is 30.1 Å². The van der Waals surface area contributed by atoms with Gasteiger partial charge < -0.3 is 9.47 Å². The number of hydrogen-bond acceptors (Lipinski definition) is 2. The van der Waals surface area contributed by atoms with Gasteiger partial charge in [-0.2, -0.15) is 0 Å². The molecule has 0 saturated carbocycles. The Morgan fingerprint density at radius 3 is 2.48 bits per heavy atom. The van der Waals surface area contributed by atoms with Gasteiger partial charge in [0, 0.05) is 0 Å². The highest BCUT2D eigenvalue weighted by molar-refractivity contribution is 5.67. The number of benzene rings is 1. The van der Waals surface area contributed by atoms with Gasteiger partial charge in [0.2, 0.25) is 0 Å². The fourth-order valence-electron chi connectivity index (χ4n) is 2.67. The molecule has 0 unspecified atom stereocenters. The average Bonchev–Trinajstić information content (AvgIpc) is 2.53. The molecule has 0 fully saturated rings. The van der Waals surface area contributed by atoms with Crippen molar-refractivity contribution >= 4 is 5.76 Å². The third kappa shape index (κ3) is 5.45. The van der Waals surface area contributed by atoms with Gasteiger partial charge in [-0.3, -0.25) is 0 Å². The maximum Gasteiger partial charge on any atom is 0.130 e. The zero-order valence-electron chi connectivity index (χ0n) is 13.3. The SMILES string of the molecule is CCCCCCCCCCOC1=CCOc2ccccc21. The van der Waals surface area contributed by atoms with E-state index in [2.05, 4.69) is 13.0 Å². The van der Waals surface area contributed by atoms with Crippen LogP contribution in [0, 0.1) is 0 Å². The van der Waals surface area contributed by atoms with Gasteiger partial charge in [0.15, 0.2) is 0 Å². The molecule has 0 aliphatic carbocycles. The van der Waals surface area contributed by atoms with Gasteiger partial charge in [-0.1, -0.05) is 64.0 Å². The molecule has 0 spiro atoms. The van der Waals surface area contributed by atoms with Crippen LogP contribution in [0.25, 0.3) is 5.76 Å². The first-order chi connectivity index (χ1) is 10.4. The first-order valence-electron chi connectivity index (χ1n) is 8.47. The number of fused-ring (bicyclic) bond motifs is 1. The molecule has 0 bridgehead atoms. The van der Waals surface area contributed by atoms with Crippen LogP contribution in [0.15, 0.2) is 30.3 Å². The van der Waals surface area contributed by atoms with Crippen molar-refractivity contribution in [1.29, 1.82) is 0 Å². The Hall–Kier alpha value is -1.44. The van der Waals surface area contributed by atoms with Gasteiger partial charge in [-0.15, -0.1) is 0 Å². The van der Waals surface area contributed by atoms with Crippen molar-refractivity contribution in [3.05, 3.63) is 35.9 Å². The van der Waals surface area contributed by atoms with Crippen molar-refractivity contribution in [1.82, 2.24) is 0 Å². The normalized spacial score (nSPS) is 13.3. The number of para-hydroxylation sites is 1. The lowest BCUT2D eigenvalue weighted by molar-refractivity contribution is 0.254. The molecular formula is C19H28O2. The summed E-state index contributed by atoms with van der Waals surface area (Å²) in [6, 6.07) is 8.09. The molecule has 2 nitrogen and oxygen atoms in total. The van der Waals surface area contributed by atoms with E-state index in [-0.39, 0.29) is 0 Å². The Morgan fingerprint density at radius 1 is 0.952 bits per heavy atom. The molecule has 0 radical (unpaired) electrons. The lowest BCUT2D eigenvalue weighted by Gasteiger charge is -2.19. The Bertz CT molecular complexity index is 437. The molecule has 0 amide bonds. The molecule has 0 N–H and O–H groups in total. The highest BCUT2D eigenvalue weighted by Gasteiger charge is 2.13. The zero-order chi connectivity index (χ0) is 14.8. The summed E-state index contributed by atoms with van der Waals surface area (Å²) in [4.78, 5) is 0. The zero-order valence-corrected chi connectivity index (χ0v) is 13.3. The molecule has 1 aliphatic rings. The van der Waals surface area contributed by atoms with Crippen LogP contribution >= 0.6 is 0 Å². The Kier molecular flexibility index (Phi) is 7.20. The summed E-state index contributed by atoms with van der Waals surface area (Å²) in [5, 5.41) is 0. The second kappa shape index (κ2) is 9.49. The van der Waals surface area contributed by atoms with Gasteiger partial charge in [0.05, 0.1) is 12.2 Å². The van der Waals surface area contributed by atoms with Gasteiger partial charge in [0.1, 0.15) is 18.1 Å². The van der Waals surface area contributed by atoms with Crippen molar-refractivity contribution in [3.63, 3.8) is 0 Å². The van der Waals surface area contributed by atoms with Crippen LogP contribution in [-0.4, -0.2) is 13.2 Å². The largest absolute Gasteiger partial charge is 0.493 e. The fraction of sp³-hybridized carbons (Fsp3) is 0.579. The second-order valence-corrected chi connectivity index (χ2v) is 5.70. The Morgan fingerprint density at radius 2 is 1.67 bits per heavy atom. The number of ether oxygens (including phenoxy) is 2. The summed E-state index contributed by atoms with van der Waals surface area (Å²) >= 11 is 0. The number of hydrogen-bond donors (Lipinski definition) is 0. The average molecular weight is 288 g/mol. The Labute approximate surface area is 129 Å². The van der Waals surface area contributed by atoms with E-state index in [9.17, 15) is 0 Å². The highest BCUT2D eigenvalue weighted by Crippen LogP contribution is 2.30. The van der Waals surface area contributed by atoms with Crippen molar-refractivity contribution < 1.29 is 9.47 Å². The van der Waals surface area contributed by atoms with Crippen LogP contribution in [0.1, 0.15) is 63.9 Å². The van der Waals surface area contributed by atoms with E-state index in [1.165, 1.54) is 44.9 Å². The predicted octanol–water partition coefficient (Wildman–Crippen LogP) is 5.58. The maximum absolute atomic E-state index is 5.94. The monoisotopic (exact) mass is 288 g/mol. The smallest absolute Gasteiger partial charge is 0.130 e.